The van der Waals surface area contributed by atoms with Gasteiger partial charge in [-0.2, -0.15) is 0 Å². The van der Waals surface area contributed by atoms with E-state index in [1.165, 1.54) is 0 Å². The number of hydrogen-bond acceptors (Lipinski definition) is 1. The van der Waals surface area contributed by atoms with Crippen molar-refractivity contribution < 1.29 is 8.78 Å². The Kier molecular flexibility index (Phi) is 3.23. The van der Waals surface area contributed by atoms with E-state index in [-0.39, 0.29) is 6.54 Å². The summed E-state index contributed by atoms with van der Waals surface area (Å²) in [6.07, 6.45) is 1.71. The Hall–Kier alpha value is -1.38. The molecular formula is C11H13F2N. The molecule has 0 unspecified atom stereocenters. The number of benzene rings is 1. The summed E-state index contributed by atoms with van der Waals surface area (Å²) in [5, 5.41) is 2.65. The molecule has 1 nitrogen and oxygen atoms in total. The molecule has 0 heterocycles. The van der Waals surface area contributed by atoms with Gasteiger partial charge in [0.25, 0.3) is 5.92 Å². The van der Waals surface area contributed by atoms with Crippen molar-refractivity contribution in [1.82, 2.24) is 0 Å². The maximum Gasteiger partial charge on any atom is 0.262 e. The van der Waals surface area contributed by atoms with E-state index in [0.717, 1.165) is 12.5 Å². The van der Waals surface area contributed by atoms with Crippen molar-refractivity contribution >= 4 is 11.8 Å². The van der Waals surface area contributed by atoms with Crippen molar-refractivity contribution in [1.29, 1.82) is 0 Å². The molecule has 0 bridgehead atoms. The maximum absolute atomic E-state index is 12.5. The first-order valence-electron chi connectivity index (χ1n) is 4.35. The van der Waals surface area contributed by atoms with Crippen LogP contribution in [0, 0.1) is 0 Å². The maximum atomic E-state index is 12.5. The lowest BCUT2D eigenvalue weighted by molar-refractivity contribution is 0.0368. The van der Waals surface area contributed by atoms with Crippen LogP contribution in [0.15, 0.2) is 30.8 Å². The second-order valence-corrected chi connectivity index (χ2v) is 3.25. The third-order valence-corrected chi connectivity index (χ3v) is 1.75. The van der Waals surface area contributed by atoms with Crippen molar-refractivity contribution in [3.63, 3.8) is 0 Å². The van der Waals surface area contributed by atoms with E-state index in [1.54, 1.807) is 18.2 Å². The zero-order valence-corrected chi connectivity index (χ0v) is 8.06. The largest absolute Gasteiger partial charge is 0.379 e. The highest BCUT2D eigenvalue weighted by Gasteiger charge is 2.19. The molecule has 0 spiro atoms. The lowest BCUT2D eigenvalue weighted by Crippen LogP contribution is -2.22. The van der Waals surface area contributed by atoms with Crippen LogP contribution in [-0.2, 0) is 0 Å². The average Bonchev–Trinajstić information content (AvgIpc) is 2.14. The number of anilines is 1. The van der Waals surface area contributed by atoms with E-state index in [4.69, 9.17) is 0 Å². The summed E-state index contributed by atoms with van der Waals surface area (Å²) < 4.78 is 24.9. The van der Waals surface area contributed by atoms with Crippen LogP contribution < -0.4 is 5.32 Å². The Morgan fingerprint density at radius 1 is 1.36 bits per heavy atom. The fourth-order valence-corrected chi connectivity index (χ4v) is 0.994. The first-order chi connectivity index (χ1) is 6.51. The van der Waals surface area contributed by atoms with Gasteiger partial charge in [-0.05, 0) is 17.7 Å². The third kappa shape index (κ3) is 3.56. The van der Waals surface area contributed by atoms with E-state index < -0.39 is 5.92 Å². The summed E-state index contributed by atoms with van der Waals surface area (Å²) in [6.45, 7) is 4.15. The second kappa shape index (κ2) is 4.22. The normalized spacial score (nSPS) is 11.1. The van der Waals surface area contributed by atoms with Crippen molar-refractivity contribution in [3.8, 4) is 0 Å². The van der Waals surface area contributed by atoms with Crippen LogP contribution >= 0.6 is 0 Å². The summed E-state index contributed by atoms with van der Waals surface area (Å²) in [6, 6.07) is 7.15. The molecule has 0 amide bonds. The number of rotatable bonds is 4. The zero-order chi connectivity index (χ0) is 10.6. The summed E-state index contributed by atoms with van der Waals surface area (Å²) in [5.74, 6) is -2.68. The van der Waals surface area contributed by atoms with E-state index in [2.05, 4.69) is 11.9 Å². The van der Waals surface area contributed by atoms with Gasteiger partial charge in [-0.15, -0.1) is 0 Å². The van der Waals surface area contributed by atoms with Crippen molar-refractivity contribution in [3.05, 3.63) is 36.4 Å². The summed E-state index contributed by atoms with van der Waals surface area (Å²) in [4.78, 5) is 0. The van der Waals surface area contributed by atoms with Gasteiger partial charge in [0.2, 0.25) is 0 Å². The molecular weight excluding hydrogens is 184 g/mol. The summed E-state index contributed by atoms with van der Waals surface area (Å²) in [7, 11) is 0. The van der Waals surface area contributed by atoms with Crippen LogP contribution in [0.25, 0.3) is 6.08 Å². The predicted octanol–water partition coefficient (Wildman–Crippen LogP) is 3.40. The molecule has 3 heteroatoms. The Morgan fingerprint density at radius 3 is 2.36 bits per heavy atom. The van der Waals surface area contributed by atoms with Crippen molar-refractivity contribution in [2.24, 2.45) is 0 Å². The quantitative estimate of drug-likeness (QED) is 0.780. The first kappa shape index (κ1) is 10.7. The molecule has 0 saturated carbocycles. The predicted molar refractivity (Wildman–Crippen MR) is 55.6 cm³/mol. The number of hydrogen-bond donors (Lipinski definition) is 1. The topological polar surface area (TPSA) is 12.0 Å². The van der Waals surface area contributed by atoms with Gasteiger partial charge in [0.15, 0.2) is 0 Å². The molecule has 1 N–H and O–H groups in total. The van der Waals surface area contributed by atoms with Crippen LogP contribution in [-0.4, -0.2) is 12.5 Å². The van der Waals surface area contributed by atoms with E-state index in [1.807, 2.05) is 12.1 Å². The fraction of sp³-hybridized carbons (Fsp3) is 0.273. The Balaban J connectivity index is 2.56. The molecule has 0 aliphatic rings. The highest BCUT2D eigenvalue weighted by molar-refractivity contribution is 5.53. The lowest BCUT2D eigenvalue weighted by atomic mass is 10.2. The second-order valence-electron chi connectivity index (χ2n) is 3.25. The molecule has 14 heavy (non-hydrogen) atoms. The van der Waals surface area contributed by atoms with Crippen LogP contribution in [0.5, 0.6) is 0 Å². The highest BCUT2D eigenvalue weighted by atomic mass is 19.3. The smallest absolute Gasteiger partial charge is 0.262 e. The molecule has 0 radical (unpaired) electrons. The van der Waals surface area contributed by atoms with Crippen molar-refractivity contribution in [2.45, 2.75) is 12.8 Å². The first-order valence-corrected chi connectivity index (χ1v) is 4.35. The van der Waals surface area contributed by atoms with Gasteiger partial charge in [-0.25, -0.2) is 8.78 Å². The van der Waals surface area contributed by atoms with Gasteiger partial charge in [-0.3, -0.25) is 0 Å². The molecule has 1 aromatic rings. The third-order valence-electron chi connectivity index (χ3n) is 1.75. The van der Waals surface area contributed by atoms with E-state index in [9.17, 15) is 8.78 Å². The summed E-state index contributed by atoms with van der Waals surface area (Å²) in [5.41, 5.74) is 1.66. The highest BCUT2D eigenvalue weighted by Crippen LogP contribution is 2.15. The Morgan fingerprint density at radius 2 is 1.93 bits per heavy atom. The standard InChI is InChI=1S/C11H13F2N/c1-3-9-4-6-10(7-5-9)14-8-11(2,12)13/h3-7,14H,1,8H2,2H3. The summed E-state index contributed by atoms with van der Waals surface area (Å²) >= 11 is 0. The Bertz CT molecular complexity index is 298. The molecule has 0 aliphatic carbocycles. The van der Waals surface area contributed by atoms with Crippen LogP contribution in [0.3, 0.4) is 0 Å². The Labute approximate surface area is 82.4 Å². The molecule has 76 valence electrons. The van der Waals surface area contributed by atoms with Gasteiger partial charge in [-0.1, -0.05) is 24.8 Å². The van der Waals surface area contributed by atoms with Crippen LogP contribution in [0.2, 0.25) is 0 Å². The zero-order valence-electron chi connectivity index (χ0n) is 8.06. The minimum atomic E-state index is -2.68. The molecule has 1 aromatic carbocycles. The molecule has 1 rings (SSSR count). The average molecular weight is 197 g/mol. The van der Waals surface area contributed by atoms with Gasteiger partial charge < -0.3 is 5.32 Å². The van der Waals surface area contributed by atoms with Crippen LogP contribution in [0.4, 0.5) is 14.5 Å². The van der Waals surface area contributed by atoms with Gasteiger partial charge in [0.1, 0.15) is 0 Å². The fourth-order valence-electron chi connectivity index (χ4n) is 0.994. The minimum Gasteiger partial charge on any atom is -0.379 e. The number of halogens is 2. The molecule has 0 aromatic heterocycles. The number of nitrogens with one attached hydrogen (secondary N) is 1. The SMILES string of the molecule is C=Cc1ccc(NCC(C)(F)F)cc1. The minimum absolute atomic E-state index is 0.347. The van der Waals surface area contributed by atoms with Crippen LogP contribution in [0.1, 0.15) is 12.5 Å². The lowest BCUT2D eigenvalue weighted by Gasteiger charge is -2.12. The molecule has 0 saturated heterocycles. The molecule has 0 aliphatic heterocycles. The van der Waals surface area contributed by atoms with Crippen molar-refractivity contribution in [2.75, 3.05) is 11.9 Å². The molecule has 0 fully saturated rings. The number of alkyl halides is 2. The van der Waals surface area contributed by atoms with Gasteiger partial charge >= 0.3 is 0 Å². The van der Waals surface area contributed by atoms with E-state index >= 15 is 0 Å². The molecule has 0 atom stereocenters. The van der Waals surface area contributed by atoms with Gasteiger partial charge in [0, 0.05) is 12.6 Å². The van der Waals surface area contributed by atoms with E-state index in [0.29, 0.717) is 5.69 Å². The monoisotopic (exact) mass is 197 g/mol. The van der Waals surface area contributed by atoms with Gasteiger partial charge in [0.05, 0.1) is 6.54 Å².